The zero-order valence-corrected chi connectivity index (χ0v) is 17.4. The Labute approximate surface area is 171 Å². The molecule has 0 bridgehead atoms. The molecule has 3 heterocycles. The molecule has 146 valence electrons. The Morgan fingerprint density at radius 2 is 1.86 bits per heavy atom. The third kappa shape index (κ3) is 3.42. The Kier molecular flexibility index (Phi) is 5.03. The zero-order valence-electron chi connectivity index (χ0n) is 16.6. The molecule has 4 nitrogen and oxygen atoms in total. The van der Waals surface area contributed by atoms with E-state index in [2.05, 4.69) is 57.5 Å². The Morgan fingerprint density at radius 3 is 2.57 bits per heavy atom. The lowest BCUT2D eigenvalue weighted by atomic mass is 9.89. The molecule has 1 saturated carbocycles. The molecule has 1 saturated heterocycles. The molecular formula is C23H28N4S. The first-order chi connectivity index (χ1) is 13.8. The minimum absolute atomic E-state index is 0.815. The van der Waals surface area contributed by atoms with Crippen LogP contribution >= 0.6 is 11.3 Å². The van der Waals surface area contributed by atoms with E-state index in [1.165, 1.54) is 55.2 Å². The summed E-state index contributed by atoms with van der Waals surface area (Å²) < 4.78 is 0. The van der Waals surface area contributed by atoms with E-state index in [-0.39, 0.29) is 0 Å². The molecule has 3 aromatic rings. The van der Waals surface area contributed by atoms with Gasteiger partial charge in [0.1, 0.15) is 17.0 Å². The predicted molar refractivity (Wildman–Crippen MR) is 118 cm³/mol. The van der Waals surface area contributed by atoms with Crippen molar-refractivity contribution in [1.82, 2.24) is 14.9 Å². The second-order valence-electron chi connectivity index (χ2n) is 8.35. The smallest absolute Gasteiger partial charge is 0.141 e. The largest absolute Gasteiger partial charge is 0.356 e. The average molecular weight is 393 g/mol. The van der Waals surface area contributed by atoms with E-state index < -0.39 is 0 Å². The van der Waals surface area contributed by atoms with E-state index in [0.717, 1.165) is 35.7 Å². The molecule has 5 heteroatoms. The van der Waals surface area contributed by atoms with E-state index in [1.54, 1.807) is 17.7 Å². The van der Waals surface area contributed by atoms with Gasteiger partial charge in [-0.2, -0.15) is 0 Å². The maximum Gasteiger partial charge on any atom is 0.141 e. The lowest BCUT2D eigenvalue weighted by molar-refractivity contribution is 0.130. The number of nitrogens with zero attached hydrogens (tertiary/aromatic N) is 4. The number of hydrogen-bond donors (Lipinski definition) is 0. The third-order valence-corrected chi connectivity index (χ3v) is 7.48. The van der Waals surface area contributed by atoms with Crippen LogP contribution in [0.5, 0.6) is 0 Å². The molecule has 2 aliphatic rings. The van der Waals surface area contributed by atoms with Crippen LogP contribution in [0.15, 0.2) is 42.0 Å². The number of anilines is 1. The summed E-state index contributed by atoms with van der Waals surface area (Å²) in [7, 11) is 2.32. The van der Waals surface area contributed by atoms with Crippen LogP contribution in [0.1, 0.15) is 32.1 Å². The summed E-state index contributed by atoms with van der Waals surface area (Å²) in [5.41, 5.74) is 2.52. The van der Waals surface area contributed by atoms with Crippen LogP contribution in [0.4, 0.5) is 5.82 Å². The van der Waals surface area contributed by atoms with Gasteiger partial charge in [0.2, 0.25) is 0 Å². The van der Waals surface area contributed by atoms with Crippen molar-refractivity contribution in [3.05, 3.63) is 42.0 Å². The molecule has 0 N–H and O–H groups in total. The fourth-order valence-electron chi connectivity index (χ4n) is 4.64. The molecule has 0 spiro atoms. The van der Waals surface area contributed by atoms with Crippen LogP contribution in [-0.2, 0) is 0 Å². The van der Waals surface area contributed by atoms with Gasteiger partial charge in [0.05, 0.1) is 5.39 Å². The average Bonchev–Trinajstić information content (AvgIpc) is 3.12. The van der Waals surface area contributed by atoms with Crippen molar-refractivity contribution in [2.75, 3.05) is 31.6 Å². The number of benzene rings is 1. The van der Waals surface area contributed by atoms with Crippen molar-refractivity contribution < 1.29 is 0 Å². The number of rotatable bonds is 5. The highest BCUT2D eigenvalue weighted by molar-refractivity contribution is 7.17. The molecular weight excluding hydrogens is 364 g/mol. The topological polar surface area (TPSA) is 32.3 Å². The number of piperidine rings is 1. The summed E-state index contributed by atoms with van der Waals surface area (Å²) in [5, 5.41) is 3.46. The molecule has 1 aromatic carbocycles. The van der Waals surface area contributed by atoms with E-state index in [9.17, 15) is 0 Å². The van der Waals surface area contributed by atoms with Crippen molar-refractivity contribution in [1.29, 1.82) is 0 Å². The quantitative estimate of drug-likeness (QED) is 0.607. The van der Waals surface area contributed by atoms with Crippen molar-refractivity contribution in [2.45, 2.75) is 38.1 Å². The van der Waals surface area contributed by atoms with Gasteiger partial charge in [-0.3, -0.25) is 0 Å². The molecule has 28 heavy (non-hydrogen) atoms. The lowest BCUT2D eigenvalue weighted by Crippen LogP contribution is -2.43. The highest BCUT2D eigenvalue weighted by Crippen LogP contribution is 2.38. The number of hydrogen-bond acceptors (Lipinski definition) is 5. The second kappa shape index (κ2) is 7.80. The van der Waals surface area contributed by atoms with E-state index in [4.69, 9.17) is 4.98 Å². The number of fused-ring (bicyclic) bond motifs is 1. The number of aromatic nitrogens is 2. The third-order valence-electron chi connectivity index (χ3n) is 6.59. The standard InChI is InChI=1S/C23H28N4S/c1-26(19-8-5-9-19)14-17-10-12-27(13-11-17)22-21-20(18-6-3-2-4-7-18)15-28-23(21)25-16-24-22/h2-4,6-7,15-17,19H,5,8-14H2,1H3. The van der Waals surface area contributed by atoms with E-state index in [0.29, 0.717) is 0 Å². The van der Waals surface area contributed by atoms with Crippen molar-refractivity contribution in [3.63, 3.8) is 0 Å². The van der Waals surface area contributed by atoms with Crippen LogP contribution in [0.3, 0.4) is 0 Å². The summed E-state index contributed by atoms with van der Waals surface area (Å²) in [5.74, 6) is 1.94. The molecule has 2 aromatic heterocycles. The first-order valence-corrected chi connectivity index (χ1v) is 11.4. The first kappa shape index (κ1) is 18.1. The van der Waals surface area contributed by atoms with Gasteiger partial charge in [-0.25, -0.2) is 9.97 Å². The van der Waals surface area contributed by atoms with Gasteiger partial charge in [-0.1, -0.05) is 36.8 Å². The summed E-state index contributed by atoms with van der Waals surface area (Å²) in [6.07, 6.45) is 8.46. The Bertz CT molecular complexity index is 926. The summed E-state index contributed by atoms with van der Waals surface area (Å²) in [6, 6.07) is 11.5. The Balaban J connectivity index is 1.35. The van der Waals surface area contributed by atoms with Crippen molar-refractivity contribution >= 4 is 27.4 Å². The van der Waals surface area contributed by atoms with E-state index >= 15 is 0 Å². The molecule has 0 atom stereocenters. The van der Waals surface area contributed by atoms with Gasteiger partial charge in [0.15, 0.2) is 0 Å². The highest BCUT2D eigenvalue weighted by Gasteiger charge is 2.27. The summed E-state index contributed by atoms with van der Waals surface area (Å²) >= 11 is 1.72. The molecule has 5 rings (SSSR count). The zero-order chi connectivity index (χ0) is 18.9. The Hall–Kier alpha value is -1.98. The molecule has 1 aliphatic carbocycles. The molecule has 0 radical (unpaired) electrons. The molecule has 2 fully saturated rings. The second-order valence-corrected chi connectivity index (χ2v) is 9.21. The summed E-state index contributed by atoms with van der Waals surface area (Å²) in [4.78, 5) is 15.5. The van der Waals surface area contributed by atoms with Crippen LogP contribution in [0.25, 0.3) is 21.3 Å². The highest BCUT2D eigenvalue weighted by atomic mass is 32.1. The first-order valence-electron chi connectivity index (χ1n) is 10.5. The van der Waals surface area contributed by atoms with Gasteiger partial charge >= 0.3 is 0 Å². The normalized spacial score (nSPS) is 18.7. The number of thiophene rings is 1. The maximum atomic E-state index is 4.74. The van der Waals surface area contributed by atoms with Gasteiger partial charge < -0.3 is 9.80 Å². The summed E-state index contributed by atoms with van der Waals surface area (Å²) in [6.45, 7) is 3.45. The Morgan fingerprint density at radius 1 is 1.07 bits per heavy atom. The SMILES string of the molecule is CN(CC1CCN(c2ncnc3scc(-c4ccccc4)c23)CC1)C1CCC1. The van der Waals surface area contributed by atoms with E-state index in [1.807, 2.05) is 0 Å². The maximum absolute atomic E-state index is 4.74. The molecule has 0 amide bonds. The van der Waals surface area contributed by atoms with Crippen LogP contribution in [0.2, 0.25) is 0 Å². The monoisotopic (exact) mass is 392 g/mol. The van der Waals surface area contributed by atoms with Gasteiger partial charge in [0, 0.05) is 36.6 Å². The van der Waals surface area contributed by atoms with Crippen molar-refractivity contribution in [3.8, 4) is 11.1 Å². The molecule has 0 unspecified atom stereocenters. The van der Waals surface area contributed by atoms with Crippen LogP contribution < -0.4 is 4.90 Å². The minimum Gasteiger partial charge on any atom is -0.356 e. The fourth-order valence-corrected chi connectivity index (χ4v) is 5.55. The minimum atomic E-state index is 0.815. The predicted octanol–water partition coefficient (Wildman–Crippen LogP) is 5.06. The lowest BCUT2D eigenvalue weighted by Gasteiger charge is -2.39. The van der Waals surface area contributed by atoms with Gasteiger partial charge in [-0.15, -0.1) is 11.3 Å². The fraction of sp³-hybridized carbons (Fsp3) is 0.478. The van der Waals surface area contributed by atoms with Gasteiger partial charge in [-0.05, 0) is 44.2 Å². The molecule has 1 aliphatic heterocycles. The van der Waals surface area contributed by atoms with Crippen LogP contribution in [0, 0.1) is 5.92 Å². The van der Waals surface area contributed by atoms with Crippen molar-refractivity contribution in [2.24, 2.45) is 5.92 Å². The van der Waals surface area contributed by atoms with Crippen LogP contribution in [-0.4, -0.2) is 47.6 Å². The van der Waals surface area contributed by atoms with Gasteiger partial charge in [0.25, 0.3) is 0 Å².